The SMILES string of the molecule is Cc1nnc(SCCNC(=O)C[C@H]2CCOC2)s1. The van der Waals surface area contributed by atoms with Gasteiger partial charge in [-0.15, -0.1) is 10.2 Å². The van der Waals surface area contributed by atoms with Gasteiger partial charge in [-0.1, -0.05) is 23.1 Å². The Bertz CT molecular complexity index is 391. The summed E-state index contributed by atoms with van der Waals surface area (Å²) >= 11 is 3.22. The zero-order chi connectivity index (χ0) is 12.8. The summed E-state index contributed by atoms with van der Waals surface area (Å²) in [4.78, 5) is 11.6. The summed E-state index contributed by atoms with van der Waals surface area (Å²) in [6.45, 7) is 4.14. The van der Waals surface area contributed by atoms with Gasteiger partial charge in [0.1, 0.15) is 5.01 Å². The van der Waals surface area contributed by atoms with Crippen molar-refractivity contribution in [2.45, 2.75) is 24.1 Å². The van der Waals surface area contributed by atoms with Crippen LogP contribution in [0.1, 0.15) is 17.8 Å². The van der Waals surface area contributed by atoms with E-state index in [2.05, 4.69) is 15.5 Å². The average molecular weight is 287 g/mol. The molecule has 2 heterocycles. The Kier molecular flexibility index (Phi) is 5.40. The highest BCUT2D eigenvalue weighted by molar-refractivity contribution is 8.01. The molecule has 0 radical (unpaired) electrons. The molecular formula is C11H17N3O2S2. The number of thioether (sulfide) groups is 1. The minimum absolute atomic E-state index is 0.125. The zero-order valence-electron chi connectivity index (χ0n) is 10.3. The second kappa shape index (κ2) is 7.06. The molecular weight excluding hydrogens is 270 g/mol. The van der Waals surface area contributed by atoms with Crippen molar-refractivity contribution in [2.75, 3.05) is 25.5 Å². The Hall–Kier alpha value is -0.660. The number of rotatable bonds is 6. The lowest BCUT2D eigenvalue weighted by Crippen LogP contribution is -2.27. The molecule has 1 amide bonds. The van der Waals surface area contributed by atoms with Crippen LogP contribution in [0.2, 0.25) is 0 Å². The predicted molar refractivity (Wildman–Crippen MR) is 71.9 cm³/mol. The van der Waals surface area contributed by atoms with E-state index in [0.717, 1.165) is 34.7 Å². The maximum absolute atomic E-state index is 11.6. The molecule has 0 saturated carbocycles. The van der Waals surface area contributed by atoms with E-state index in [-0.39, 0.29) is 5.91 Å². The first-order chi connectivity index (χ1) is 8.74. The van der Waals surface area contributed by atoms with Crippen molar-refractivity contribution in [3.8, 4) is 0 Å². The van der Waals surface area contributed by atoms with Gasteiger partial charge >= 0.3 is 0 Å². The van der Waals surface area contributed by atoms with Crippen molar-refractivity contribution >= 4 is 29.0 Å². The van der Waals surface area contributed by atoms with E-state index in [9.17, 15) is 4.79 Å². The molecule has 1 saturated heterocycles. The fraction of sp³-hybridized carbons (Fsp3) is 0.727. The van der Waals surface area contributed by atoms with Crippen LogP contribution in [0.15, 0.2) is 4.34 Å². The lowest BCUT2D eigenvalue weighted by atomic mass is 10.1. The first kappa shape index (κ1) is 13.8. The summed E-state index contributed by atoms with van der Waals surface area (Å²) in [6.07, 6.45) is 1.59. The van der Waals surface area contributed by atoms with Gasteiger partial charge in [0.2, 0.25) is 5.91 Å². The number of nitrogens with zero attached hydrogens (tertiary/aromatic N) is 2. The third kappa shape index (κ3) is 4.55. The van der Waals surface area contributed by atoms with Crippen molar-refractivity contribution in [1.82, 2.24) is 15.5 Å². The van der Waals surface area contributed by atoms with Crippen molar-refractivity contribution in [3.05, 3.63) is 5.01 Å². The minimum Gasteiger partial charge on any atom is -0.381 e. The molecule has 18 heavy (non-hydrogen) atoms. The average Bonchev–Trinajstić information content (AvgIpc) is 2.96. The summed E-state index contributed by atoms with van der Waals surface area (Å²) in [5, 5.41) is 11.9. The quantitative estimate of drug-likeness (QED) is 0.634. The van der Waals surface area contributed by atoms with Crippen molar-refractivity contribution < 1.29 is 9.53 Å². The zero-order valence-corrected chi connectivity index (χ0v) is 12.0. The van der Waals surface area contributed by atoms with Gasteiger partial charge in [0.05, 0.1) is 0 Å². The van der Waals surface area contributed by atoms with Gasteiger partial charge < -0.3 is 10.1 Å². The highest BCUT2D eigenvalue weighted by Crippen LogP contribution is 2.21. The van der Waals surface area contributed by atoms with Gasteiger partial charge in [-0.25, -0.2) is 0 Å². The van der Waals surface area contributed by atoms with Gasteiger partial charge in [-0.05, 0) is 19.3 Å². The third-order valence-electron chi connectivity index (χ3n) is 2.66. The van der Waals surface area contributed by atoms with E-state index >= 15 is 0 Å². The third-order valence-corrected chi connectivity index (χ3v) is 4.63. The Morgan fingerprint density at radius 2 is 2.50 bits per heavy atom. The van der Waals surface area contributed by atoms with Gasteiger partial charge in [0.25, 0.3) is 0 Å². The Morgan fingerprint density at radius 3 is 3.17 bits per heavy atom. The molecule has 0 aliphatic carbocycles. The normalized spacial score (nSPS) is 19.1. The molecule has 1 aromatic rings. The smallest absolute Gasteiger partial charge is 0.220 e. The Balaban J connectivity index is 1.56. The van der Waals surface area contributed by atoms with Crippen LogP contribution >= 0.6 is 23.1 Å². The van der Waals surface area contributed by atoms with E-state index in [1.54, 1.807) is 23.1 Å². The summed E-state index contributed by atoms with van der Waals surface area (Å²) in [5.41, 5.74) is 0. The van der Waals surface area contributed by atoms with Crippen molar-refractivity contribution in [1.29, 1.82) is 0 Å². The van der Waals surface area contributed by atoms with E-state index in [1.165, 1.54) is 0 Å². The van der Waals surface area contributed by atoms with Crippen LogP contribution < -0.4 is 5.32 Å². The molecule has 0 bridgehead atoms. The lowest BCUT2D eigenvalue weighted by Gasteiger charge is -2.07. The second-order valence-corrected chi connectivity index (χ2v) is 6.74. The number of carbonyl (C=O) groups is 1. The van der Waals surface area contributed by atoms with Crippen molar-refractivity contribution in [2.24, 2.45) is 5.92 Å². The molecule has 1 aliphatic rings. The predicted octanol–water partition coefficient (Wildman–Crippen LogP) is 1.48. The van der Waals surface area contributed by atoms with E-state index < -0.39 is 0 Å². The van der Waals surface area contributed by atoms with E-state index in [1.807, 2.05) is 6.92 Å². The monoisotopic (exact) mass is 287 g/mol. The van der Waals surface area contributed by atoms with Crippen LogP contribution in [0.25, 0.3) is 0 Å². The summed E-state index contributed by atoms with van der Waals surface area (Å²) in [7, 11) is 0. The molecule has 100 valence electrons. The first-order valence-corrected chi connectivity index (χ1v) is 7.81. The van der Waals surface area contributed by atoms with Crippen LogP contribution in [0.3, 0.4) is 0 Å². The fourth-order valence-electron chi connectivity index (χ4n) is 1.74. The number of hydrogen-bond acceptors (Lipinski definition) is 6. The standard InChI is InChI=1S/C11H17N3O2S2/c1-8-13-14-11(18-8)17-5-3-12-10(15)6-9-2-4-16-7-9/h9H,2-7H2,1H3,(H,12,15)/t9-/m1/s1. The molecule has 0 aromatic carbocycles. The van der Waals surface area contributed by atoms with Crippen LogP contribution in [0, 0.1) is 12.8 Å². The molecule has 1 aliphatic heterocycles. The summed E-state index contributed by atoms with van der Waals surface area (Å²) in [6, 6.07) is 0. The Morgan fingerprint density at radius 1 is 1.61 bits per heavy atom. The first-order valence-electron chi connectivity index (χ1n) is 6.01. The number of aryl methyl sites for hydroxylation is 1. The van der Waals surface area contributed by atoms with Gasteiger partial charge in [-0.2, -0.15) is 0 Å². The molecule has 7 heteroatoms. The molecule has 1 fully saturated rings. The number of amides is 1. The maximum atomic E-state index is 11.6. The number of carbonyl (C=O) groups excluding carboxylic acids is 1. The van der Waals surface area contributed by atoms with Gasteiger partial charge in [-0.3, -0.25) is 4.79 Å². The maximum Gasteiger partial charge on any atom is 0.220 e. The van der Waals surface area contributed by atoms with Crippen LogP contribution in [0.4, 0.5) is 0 Å². The molecule has 1 N–H and O–H groups in total. The number of aromatic nitrogens is 2. The molecule has 2 rings (SSSR count). The van der Waals surface area contributed by atoms with E-state index in [4.69, 9.17) is 4.74 Å². The highest BCUT2D eigenvalue weighted by Gasteiger charge is 2.18. The van der Waals surface area contributed by atoms with Gasteiger partial charge in [0, 0.05) is 31.9 Å². The molecule has 0 unspecified atom stereocenters. The molecule has 1 atom stereocenters. The topological polar surface area (TPSA) is 64.1 Å². The van der Waals surface area contributed by atoms with E-state index in [0.29, 0.717) is 18.9 Å². The molecule has 0 spiro atoms. The second-order valence-electron chi connectivity index (χ2n) is 4.22. The van der Waals surface area contributed by atoms with Crippen molar-refractivity contribution in [3.63, 3.8) is 0 Å². The summed E-state index contributed by atoms with van der Waals surface area (Å²) < 4.78 is 6.21. The van der Waals surface area contributed by atoms with Crippen LogP contribution in [-0.4, -0.2) is 41.6 Å². The fourth-order valence-corrected chi connectivity index (χ4v) is 3.49. The molecule has 1 aromatic heterocycles. The van der Waals surface area contributed by atoms with Crippen LogP contribution in [0.5, 0.6) is 0 Å². The highest BCUT2D eigenvalue weighted by atomic mass is 32.2. The minimum atomic E-state index is 0.125. The lowest BCUT2D eigenvalue weighted by molar-refractivity contribution is -0.121. The largest absolute Gasteiger partial charge is 0.381 e. The van der Waals surface area contributed by atoms with Gasteiger partial charge in [0.15, 0.2) is 4.34 Å². The number of ether oxygens (including phenoxy) is 1. The molecule has 5 nitrogen and oxygen atoms in total. The van der Waals surface area contributed by atoms with Crippen LogP contribution in [-0.2, 0) is 9.53 Å². The Labute approximate surface area is 115 Å². The number of hydrogen-bond donors (Lipinski definition) is 1. The number of nitrogens with one attached hydrogen (secondary N) is 1. The summed E-state index contributed by atoms with van der Waals surface area (Å²) in [5.74, 6) is 1.37.